The minimum Gasteiger partial charge on any atom is -0.379 e. The van der Waals surface area contributed by atoms with Crippen LogP contribution in [0.25, 0.3) is 5.65 Å². The van der Waals surface area contributed by atoms with Crippen molar-refractivity contribution in [3.05, 3.63) is 70.2 Å². The van der Waals surface area contributed by atoms with Crippen molar-refractivity contribution in [2.75, 3.05) is 5.32 Å². The molecule has 0 aliphatic carbocycles. The van der Waals surface area contributed by atoms with Crippen LogP contribution in [0.2, 0.25) is 0 Å². The lowest BCUT2D eigenvalue weighted by Gasteiger charge is -2.08. The van der Waals surface area contributed by atoms with E-state index in [0.29, 0.717) is 12.1 Å². The van der Waals surface area contributed by atoms with Gasteiger partial charge < -0.3 is 9.72 Å². The van der Waals surface area contributed by atoms with E-state index in [9.17, 15) is 10.1 Å². The maximum absolute atomic E-state index is 10.9. The van der Waals surface area contributed by atoms with Gasteiger partial charge in [0.15, 0.2) is 0 Å². The molecule has 0 radical (unpaired) electrons. The minimum absolute atomic E-state index is 0.120. The van der Waals surface area contributed by atoms with Crippen molar-refractivity contribution < 1.29 is 4.92 Å². The van der Waals surface area contributed by atoms with E-state index < -0.39 is 0 Å². The molecular formula is C15H14N4O2. The molecule has 6 heteroatoms. The monoisotopic (exact) mass is 282 g/mol. The number of nitrogens with one attached hydrogen (secondary N) is 1. The van der Waals surface area contributed by atoms with Crippen LogP contribution in [0.4, 0.5) is 11.4 Å². The van der Waals surface area contributed by atoms with Crippen molar-refractivity contribution >= 4 is 17.0 Å². The predicted octanol–water partition coefficient (Wildman–Crippen LogP) is 3.16. The van der Waals surface area contributed by atoms with Gasteiger partial charge in [0.25, 0.3) is 5.69 Å². The van der Waals surface area contributed by atoms with Gasteiger partial charge >= 0.3 is 0 Å². The summed E-state index contributed by atoms with van der Waals surface area (Å²) < 4.78 is 1.94. The molecule has 21 heavy (non-hydrogen) atoms. The third kappa shape index (κ3) is 2.55. The van der Waals surface area contributed by atoms with Gasteiger partial charge in [0, 0.05) is 29.7 Å². The summed E-state index contributed by atoms with van der Waals surface area (Å²) >= 11 is 0. The van der Waals surface area contributed by atoms with E-state index >= 15 is 0 Å². The lowest BCUT2D eigenvalue weighted by atomic mass is 10.1. The van der Waals surface area contributed by atoms with Gasteiger partial charge in [-0.05, 0) is 25.1 Å². The second-order valence-electron chi connectivity index (χ2n) is 4.76. The SMILES string of the molecule is Cc1c(NCc2cn3ccccc3n2)cccc1[N+](=O)[O-]. The van der Waals surface area contributed by atoms with Crippen LogP contribution in [0.3, 0.4) is 0 Å². The van der Waals surface area contributed by atoms with Crippen molar-refractivity contribution in [3.8, 4) is 0 Å². The molecule has 2 aromatic heterocycles. The molecule has 0 saturated carbocycles. The Balaban J connectivity index is 1.81. The molecule has 1 aromatic carbocycles. The second-order valence-corrected chi connectivity index (χ2v) is 4.76. The number of aromatic nitrogens is 2. The number of pyridine rings is 1. The molecule has 6 nitrogen and oxygen atoms in total. The van der Waals surface area contributed by atoms with Crippen LogP contribution in [0.1, 0.15) is 11.3 Å². The number of nitro benzene ring substituents is 1. The van der Waals surface area contributed by atoms with Crippen LogP contribution in [0.15, 0.2) is 48.8 Å². The van der Waals surface area contributed by atoms with E-state index in [4.69, 9.17) is 0 Å². The van der Waals surface area contributed by atoms with Gasteiger partial charge in [-0.3, -0.25) is 10.1 Å². The van der Waals surface area contributed by atoms with Gasteiger partial charge in [-0.15, -0.1) is 0 Å². The van der Waals surface area contributed by atoms with E-state index in [0.717, 1.165) is 17.0 Å². The maximum atomic E-state index is 10.9. The van der Waals surface area contributed by atoms with Crippen LogP contribution >= 0.6 is 0 Å². The summed E-state index contributed by atoms with van der Waals surface area (Å²) in [5.74, 6) is 0. The molecule has 2 heterocycles. The van der Waals surface area contributed by atoms with Crippen LogP contribution in [0, 0.1) is 17.0 Å². The highest BCUT2D eigenvalue weighted by Gasteiger charge is 2.13. The predicted molar refractivity (Wildman–Crippen MR) is 80.4 cm³/mol. The molecule has 0 atom stereocenters. The maximum Gasteiger partial charge on any atom is 0.274 e. The zero-order valence-electron chi connectivity index (χ0n) is 11.5. The van der Waals surface area contributed by atoms with Gasteiger partial charge in [0.05, 0.1) is 17.2 Å². The lowest BCUT2D eigenvalue weighted by molar-refractivity contribution is -0.385. The summed E-state index contributed by atoms with van der Waals surface area (Å²) in [6.45, 7) is 2.26. The average Bonchev–Trinajstić information content (AvgIpc) is 2.88. The standard InChI is InChI=1S/C15H14N4O2/c1-11-13(5-4-6-14(11)19(20)21)16-9-12-10-18-8-3-2-7-15(18)17-12/h2-8,10,16H,9H2,1H3. The highest BCUT2D eigenvalue weighted by molar-refractivity contribution is 5.59. The van der Waals surface area contributed by atoms with E-state index in [1.165, 1.54) is 6.07 Å². The third-order valence-corrected chi connectivity index (χ3v) is 3.38. The first-order valence-corrected chi connectivity index (χ1v) is 6.55. The fourth-order valence-electron chi connectivity index (χ4n) is 2.27. The Bertz CT molecular complexity index is 777. The summed E-state index contributed by atoms with van der Waals surface area (Å²) in [6, 6.07) is 10.8. The molecule has 0 fully saturated rings. The summed E-state index contributed by atoms with van der Waals surface area (Å²) in [5.41, 5.74) is 3.26. The molecule has 1 N–H and O–H groups in total. The summed E-state index contributed by atoms with van der Waals surface area (Å²) in [5, 5.41) is 14.1. The zero-order valence-corrected chi connectivity index (χ0v) is 11.5. The number of hydrogen-bond donors (Lipinski definition) is 1. The first kappa shape index (κ1) is 13.1. The molecule has 0 aliphatic rings. The molecule has 0 spiro atoms. The second kappa shape index (κ2) is 5.24. The van der Waals surface area contributed by atoms with E-state index in [-0.39, 0.29) is 10.6 Å². The van der Waals surface area contributed by atoms with E-state index in [1.807, 2.05) is 41.1 Å². The van der Waals surface area contributed by atoms with Crippen molar-refractivity contribution in [2.24, 2.45) is 0 Å². The highest BCUT2D eigenvalue weighted by Crippen LogP contribution is 2.25. The molecule has 0 bridgehead atoms. The molecular weight excluding hydrogens is 268 g/mol. The number of fused-ring (bicyclic) bond motifs is 1. The summed E-state index contributed by atoms with van der Waals surface area (Å²) in [7, 11) is 0. The van der Waals surface area contributed by atoms with Crippen LogP contribution in [0.5, 0.6) is 0 Å². The Morgan fingerprint density at radius 1 is 1.29 bits per heavy atom. The largest absolute Gasteiger partial charge is 0.379 e. The number of rotatable bonds is 4. The first-order chi connectivity index (χ1) is 10.1. The van der Waals surface area contributed by atoms with Crippen molar-refractivity contribution in [1.29, 1.82) is 0 Å². The Labute approximate surface area is 121 Å². The number of nitrogens with zero attached hydrogens (tertiary/aromatic N) is 3. The minimum atomic E-state index is -0.370. The van der Waals surface area contributed by atoms with E-state index in [2.05, 4.69) is 10.3 Å². The Kier molecular flexibility index (Phi) is 3.27. The Hall–Kier alpha value is -2.89. The molecule has 0 amide bonds. The van der Waals surface area contributed by atoms with Crippen molar-refractivity contribution in [1.82, 2.24) is 9.38 Å². The molecule has 106 valence electrons. The highest BCUT2D eigenvalue weighted by atomic mass is 16.6. The smallest absolute Gasteiger partial charge is 0.274 e. The van der Waals surface area contributed by atoms with Gasteiger partial charge in [0.2, 0.25) is 0 Å². The van der Waals surface area contributed by atoms with Gasteiger partial charge in [-0.1, -0.05) is 12.1 Å². The number of benzene rings is 1. The van der Waals surface area contributed by atoms with Crippen LogP contribution in [-0.4, -0.2) is 14.3 Å². The number of anilines is 1. The van der Waals surface area contributed by atoms with Crippen molar-refractivity contribution in [2.45, 2.75) is 13.5 Å². The van der Waals surface area contributed by atoms with E-state index in [1.54, 1.807) is 13.0 Å². The Morgan fingerprint density at radius 3 is 2.90 bits per heavy atom. The lowest BCUT2D eigenvalue weighted by Crippen LogP contribution is -2.03. The Morgan fingerprint density at radius 2 is 2.14 bits per heavy atom. The molecule has 3 rings (SSSR count). The zero-order chi connectivity index (χ0) is 14.8. The molecule has 0 unspecified atom stereocenters. The number of hydrogen-bond acceptors (Lipinski definition) is 4. The summed E-state index contributed by atoms with van der Waals surface area (Å²) in [6.07, 6.45) is 3.87. The normalized spacial score (nSPS) is 10.7. The quantitative estimate of drug-likeness (QED) is 0.589. The third-order valence-electron chi connectivity index (χ3n) is 3.38. The molecule has 3 aromatic rings. The average molecular weight is 282 g/mol. The fraction of sp³-hybridized carbons (Fsp3) is 0.133. The fourth-order valence-corrected chi connectivity index (χ4v) is 2.27. The first-order valence-electron chi connectivity index (χ1n) is 6.55. The number of nitro groups is 1. The number of imidazole rings is 1. The van der Waals surface area contributed by atoms with Gasteiger partial charge in [0.1, 0.15) is 5.65 Å². The van der Waals surface area contributed by atoms with Gasteiger partial charge in [-0.2, -0.15) is 0 Å². The molecule has 0 aliphatic heterocycles. The summed E-state index contributed by atoms with van der Waals surface area (Å²) in [4.78, 5) is 15.0. The van der Waals surface area contributed by atoms with Crippen LogP contribution < -0.4 is 5.32 Å². The van der Waals surface area contributed by atoms with Crippen molar-refractivity contribution in [3.63, 3.8) is 0 Å². The topological polar surface area (TPSA) is 72.5 Å². The van der Waals surface area contributed by atoms with Crippen LogP contribution in [-0.2, 0) is 6.54 Å². The molecule has 0 saturated heterocycles. The van der Waals surface area contributed by atoms with Gasteiger partial charge in [-0.25, -0.2) is 4.98 Å².